The van der Waals surface area contributed by atoms with E-state index in [1.54, 1.807) is 62.8 Å². The van der Waals surface area contributed by atoms with Crippen molar-refractivity contribution >= 4 is 35.0 Å². The Kier molecular flexibility index (Phi) is 6.46. The number of anilines is 2. The zero-order valence-electron chi connectivity index (χ0n) is 20.4. The minimum atomic E-state index is -0.433. The van der Waals surface area contributed by atoms with Crippen molar-refractivity contribution in [1.29, 1.82) is 0 Å². The predicted molar refractivity (Wildman–Crippen MR) is 129 cm³/mol. The van der Waals surface area contributed by atoms with Crippen LogP contribution in [0.25, 0.3) is 0 Å². The van der Waals surface area contributed by atoms with Crippen molar-refractivity contribution in [2.45, 2.75) is 24.9 Å². The minimum Gasteiger partial charge on any atom is -0.497 e. The molecular weight excluding hydrogens is 464 g/mol. The molecule has 10 heteroatoms. The van der Waals surface area contributed by atoms with E-state index in [0.29, 0.717) is 49.1 Å². The van der Waals surface area contributed by atoms with Gasteiger partial charge in [0.2, 0.25) is 11.8 Å². The molecule has 10 nitrogen and oxygen atoms in total. The topological polar surface area (TPSA) is 102 Å². The SMILES string of the molecule is COc1ccc(N2C(=O)C[C@@H]([NH+]3CC[NH+]([C@H]4CC(=O)N(c5ccc(OC)cc5)C4=O)CC3)C2=O)cc1. The van der Waals surface area contributed by atoms with E-state index < -0.39 is 12.1 Å². The molecule has 188 valence electrons. The number of carbonyl (C=O) groups excluding carboxylic acids is 4. The van der Waals surface area contributed by atoms with Gasteiger partial charge in [-0.25, -0.2) is 9.80 Å². The molecule has 2 aromatic rings. The molecule has 3 fully saturated rings. The molecule has 0 spiro atoms. The first-order valence-electron chi connectivity index (χ1n) is 12.1. The quantitative estimate of drug-likeness (QED) is 0.472. The van der Waals surface area contributed by atoms with Crippen LogP contribution in [0.15, 0.2) is 48.5 Å². The number of benzene rings is 2. The lowest BCUT2D eigenvalue weighted by molar-refractivity contribution is -1.02. The van der Waals surface area contributed by atoms with Gasteiger partial charge in [-0.05, 0) is 48.5 Å². The molecule has 0 aliphatic carbocycles. The van der Waals surface area contributed by atoms with Crippen LogP contribution >= 0.6 is 0 Å². The van der Waals surface area contributed by atoms with Crippen molar-refractivity contribution in [2.75, 3.05) is 50.2 Å². The summed E-state index contributed by atoms with van der Waals surface area (Å²) in [6, 6.07) is 12.9. The number of rotatable bonds is 6. The summed E-state index contributed by atoms with van der Waals surface area (Å²) in [4.78, 5) is 56.4. The fourth-order valence-electron chi connectivity index (χ4n) is 5.50. The summed E-state index contributed by atoms with van der Waals surface area (Å²) < 4.78 is 10.3. The smallest absolute Gasteiger partial charge is 0.292 e. The average Bonchev–Trinajstić information content (AvgIpc) is 3.38. The molecule has 0 bridgehead atoms. The van der Waals surface area contributed by atoms with Gasteiger partial charge in [0.25, 0.3) is 11.8 Å². The molecule has 3 aliphatic heterocycles. The number of methoxy groups -OCH3 is 2. The van der Waals surface area contributed by atoms with Gasteiger partial charge in [-0.3, -0.25) is 19.2 Å². The largest absolute Gasteiger partial charge is 0.497 e. The van der Waals surface area contributed by atoms with Gasteiger partial charge >= 0.3 is 0 Å². The first kappa shape index (κ1) is 24.0. The van der Waals surface area contributed by atoms with Crippen LogP contribution in [0.1, 0.15) is 12.8 Å². The molecule has 3 saturated heterocycles. The molecule has 5 rings (SSSR count). The predicted octanol–water partition coefficient (Wildman–Crippen LogP) is -1.55. The van der Waals surface area contributed by atoms with Crippen molar-refractivity contribution in [3.8, 4) is 11.5 Å². The summed E-state index contributed by atoms with van der Waals surface area (Å²) >= 11 is 0. The lowest BCUT2D eigenvalue weighted by Gasteiger charge is -2.34. The molecule has 0 unspecified atom stereocenters. The lowest BCUT2D eigenvalue weighted by atomic mass is 10.1. The fraction of sp³-hybridized carbons (Fsp3) is 0.385. The highest BCUT2D eigenvalue weighted by Gasteiger charge is 2.50. The van der Waals surface area contributed by atoms with Crippen LogP contribution in [0.3, 0.4) is 0 Å². The van der Waals surface area contributed by atoms with E-state index in [-0.39, 0.29) is 36.5 Å². The fourth-order valence-corrected chi connectivity index (χ4v) is 5.50. The Balaban J connectivity index is 1.21. The summed E-state index contributed by atoms with van der Waals surface area (Å²) in [7, 11) is 3.13. The summed E-state index contributed by atoms with van der Waals surface area (Å²) in [6.45, 7) is 2.60. The van der Waals surface area contributed by atoms with Gasteiger partial charge in [0.1, 0.15) is 37.7 Å². The van der Waals surface area contributed by atoms with E-state index in [1.807, 2.05) is 0 Å². The third-order valence-corrected chi connectivity index (χ3v) is 7.47. The molecule has 0 aromatic heterocycles. The third-order valence-electron chi connectivity index (χ3n) is 7.47. The highest BCUT2D eigenvalue weighted by Crippen LogP contribution is 2.25. The van der Waals surface area contributed by atoms with Gasteiger partial charge in [-0.2, -0.15) is 0 Å². The van der Waals surface area contributed by atoms with Gasteiger partial charge < -0.3 is 19.3 Å². The molecule has 0 radical (unpaired) electrons. The number of carbonyl (C=O) groups is 4. The van der Waals surface area contributed by atoms with Crippen LogP contribution in [0, 0.1) is 0 Å². The third kappa shape index (κ3) is 4.22. The second kappa shape index (κ2) is 9.71. The van der Waals surface area contributed by atoms with Crippen molar-refractivity contribution in [3.05, 3.63) is 48.5 Å². The van der Waals surface area contributed by atoms with Crippen LogP contribution in [0.5, 0.6) is 11.5 Å². The monoisotopic (exact) mass is 494 g/mol. The van der Waals surface area contributed by atoms with Crippen LogP contribution < -0.4 is 29.1 Å². The van der Waals surface area contributed by atoms with Gasteiger partial charge in [0, 0.05) is 0 Å². The summed E-state index contributed by atoms with van der Waals surface area (Å²) in [5.41, 5.74) is 1.09. The van der Waals surface area contributed by atoms with Gasteiger partial charge in [0.05, 0.1) is 38.4 Å². The highest BCUT2D eigenvalue weighted by molar-refractivity contribution is 6.22. The first-order valence-corrected chi connectivity index (χ1v) is 12.1. The van der Waals surface area contributed by atoms with E-state index in [0.717, 1.165) is 9.80 Å². The summed E-state index contributed by atoms with van der Waals surface area (Å²) in [5, 5.41) is 0. The van der Waals surface area contributed by atoms with E-state index in [4.69, 9.17) is 9.47 Å². The van der Waals surface area contributed by atoms with Crippen molar-refractivity contribution < 1.29 is 38.5 Å². The maximum Gasteiger partial charge on any atom is 0.292 e. The maximum absolute atomic E-state index is 13.2. The molecule has 4 amide bonds. The Hall–Kier alpha value is -3.76. The minimum absolute atomic E-state index is 0.168. The van der Waals surface area contributed by atoms with E-state index in [1.165, 1.54) is 9.80 Å². The standard InChI is InChI=1S/C26H28N4O6/c1-35-19-7-3-17(4-8-19)29-23(31)15-21(25(29)33)27-11-13-28(14-12-27)22-16-24(32)30(26(22)34)18-5-9-20(36-2)10-6-18/h3-10,21-22H,11-16H2,1-2H3/p+2/t21-,22+. The molecule has 3 aliphatic rings. The van der Waals surface area contributed by atoms with Crippen molar-refractivity contribution in [3.63, 3.8) is 0 Å². The molecule has 36 heavy (non-hydrogen) atoms. The molecule has 0 saturated carbocycles. The lowest BCUT2D eigenvalue weighted by Crippen LogP contribution is -3.31. The number of quaternary nitrogens is 2. The normalized spacial score (nSPS) is 26.6. The maximum atomic E-state index is 13.2. The van der Waals surface area contributed by atoms with Crippen LogP contribution in [-0.2, 0) is 19.2 Å². The highest BCUT2D eigenvalue weighted by atomic mass is 16.5. The number of ether oxygens (including phenoxy) is 2. The zero-order valence-corrected chi connectivity index (χ0v) is 20.4. The van der Waals surface area contributed by atoms with E-state index in [9.17, 15) is 19.2 Å². The number of imide groups is 2. The number of amides is 4. The van der Waals surface area contributed by atoms with Crippen LogP contribution in [0.2, 0.25) is 0 Å². The first-order chi connectivity index (χ1) is 17.4. The number of nitrogens with one attached hydrogen (secondary N) is 2. The molecule has 2 N–H and O–H groups in total. The number of nitrogens with zero attached hydrogens (tertiary/aromatic N) is 2. The number of hydrogen-bond donors (Lipinski definition) is 2. The summed E-state index contributed by atoms with van der Waals surface area (Å²) in [6.07, 6.45) is 0.337. The Morgan fingerprint density at radius 1 is 0.611 bits per heavy atom. The second-order valence-corrected chi connectivity index (χ2v) is 9.36. The van der Waals surface area contributed by atoms with Crippen LogP contribution in [0.4, 0.5) is 11.4 Å². The van der Waals surface area contributed by atoms with Crippen LogP contribution in [-0.4, -0.2) is 76.1 Å². The van der Waals surface area contributed by atoms with Crippen molar-refractivity contribution in [2.24, 2.45) is 0 Å². The molecular formula is C26H30N4O6+2. The average molecular weight is 495 g/mol. The van der Waals surface area contributed by atoms with E-state index >= 15 is 0 Å². The molecule has 3 heterocycles. The number of piperazine rings is 1. The Labute approximate surface area is 208 Å². The van der Waals surface area contributed by atoms with Gasteiger partial charge in [-0.1, -0.05) is 0 Å². The molecule has 2 aromatic carbocycles. The Morgan fingerprint density at radius 2 is 0.944 bits per heavy atom. The number of hydrogen-bond acceptors (Lipinski definition) is 6. The summed E-state index contributed by atoms with van der Waals surface area (Å²) in [5.74, 6) is 0.519. The Morgan fingerprint density at radius 3 is 1.25 bits per heavy atom. The molecule has 2 atom stereocenters. The van der Waals surface area contributed by atoms with Gasteiger partial charge in [0.15, 0.2) is 12.1 Å². The van der Waals surface area contributed by atoms with Gasteiger partial charge in [-0.15, -0.1) is 0 Å². The zero-order chi connectivity index (χ0) is 25.4. The van der Waals surface area contributed by atoms with Crippen molar-refractivity contribution in [1.82, 2.24) is 0 Å². The second-order valence-electron chi connectivity index (χ2n) is 9.36. The van der Waals surface area contributed by atoms with E-state index in [2.05, 4.69) is 0 Å². The Bertz CT molecular complexity index is 1080.